The fraction of sp³-hybridized carbons (Fsp3) is 0.154. The van der Waals surface area contributed by atoms with E-state index in [9.17, 15) is 14.4 Å². The largest absolute Gasteiger partial charge is 0.342 e. The van der Waals surface area contributed by atoms with Crippen molar-refractivity contribution in [1.82, 2.24) is 14.7 Å². The van der Waals surface area contributed by atoms with E-state index in [1.165, 1.54) is 11.6 Å². The minimum atomic E-state index is -0.412. The van der Waals surface area contributed by atoms with Crippen molar-refractivity contribution in [2.75, 3.05) is 12.4 Å². The molecule has 4 rings (SSSR count). The number of fused-ring (bicyclic) bond motifs is 1. The van der Waals surface area contributed by atoms with Crippen LogP contribution in [0.15, 0.2) is 83.7 Å². The Labute approximate surface area is 191 Å². The second kappa shape index (κ2) is 9.48. The van der Waals surface area contributed by atoms with Gasteiger partial charge in [0.1, 0.15) is 0 Å². The van der Waals surface area contributed by atoms with E-state index in [0.29, 0.717) is 23.0 Å². The zero-order chi connectivity index (χ0) is 23.4. The normalized spacial score (nSPS) is 10.7. The van der Waals surface area contributed by atoms with Crippen LogP contribution in [-0.4, -0.2) is 33.5 Å². The highest BCUT2D eigenvalue weighted by Gasteiger charge is 2.17. The molecular formula is C26H24N4O3. The van der Waals surface area contributed by atoms with E-state index in [1.807, 2.05) is 48.5 Å². The second-order valence-electron chi connectivity index (χ2n) is 7.87. The molecule has 7 heteroatoms. The third kappa shape index (κ3) is 4.98. The molecule has 0 bridgehead atoms. The molecule has 0 aliphatic heterocycles. The minimum absolute atomic E-state index is 0.0409. The van der Waals surface area contributed by atoms with Crippen LogP contribution in [0.5, 0.6) is 0 Å². The average molecular weight is 441 g/mol. The molecule has 4 aromatic rings. The first-order chi connectivity index (χ1) is 15.9. The van der Waals surface area contributed by atoms with E-state index in [-0.39, 0.29) is 23.7 Å². The molecule has 0 fully saturated rings. The van der Waals surface area contributed by atoms with Crippen molar-refractivity contribution in [2.45, 2.75) is 20.0 Å². The van der Waals surface area contributed by atoms with Crippen molar-refractivity contribution < 1.29 is 9.59 Å². The number of hydrogen-bond acceptors (Lipinski definition) is 4. The van der Waals surface area contributed by atoms with Gasteiger partial charge in [0.05, 0.1) is 11.9 Å². The molecule has 3 aromatic carbocycles. The van der Waals surface area contributed by atoms with Gasteiger partial charge in [-0.3, -0.25) is 14.4 Å². The van der Waals surface area contributed by atoms with Gasteiger partial charge in [-0.15, -0.1) is 0 Å². The summed E-state index contributed by atoms with van der Waals surface area (Å²) in [5.41, 5.74) is 2.31. The van der Waals surface area contributed by atoms with Gasteiger partial charge in [0.2, 0.25) is 5.91 Å². The van der Waals surface area contributed by atoms with Crippen LogP contribution in [-0.2, 0) is 17.9 Å². The van der Waals surface area contributed by atoms with Crippen LogP contribution in [0.2, 0.25) is 0 Å². The summed E-state index contributed by atoms with van der Waals surface area (Å²) in [6.07, 6.45) is 0. The number of nitrogens with zero attached hydrogens (tertiary/aromatic N) is 3. The quantitative estimate of drug-likeness (QED) is 0.496. The fourth-order valence-electron chi connectivity index (χ4n) is 3.59. The Bertz CT molecular complexity index is 1380. The number of aromatic nitrogens is 2. The molecule has 0 aliphatic carbocycles. The van der Waals surface area contributed by atoms with Crippen molar-refractivity contribution >= 4 is 28.3 Å². The molecule has 1 aromatic heterocycles. The van der Waals surface area contributed by atoms with E-state index >= 15 is 0 Å². The molecule has 0 saturated heterocycles. The summed E-state index contributed by atoms with van der Waals surface area (Å²) >= 11 is 0. The van der Waals surface area contributed by atoms with Crippen LogP contribution < -0.4 is 10.9 Å². The lowest BCUT2D eigenvalue weighted by Crippen LogP contribution is -2.28. The van der Waals surface area contributed by atoms with Gasteiger partial charge in [-0.25, -0.2) is 4.68 Å². The average Bonchev–Trinajstić information content (AvgIpc) is 2.81. The standard InChI is InChI=1S/C26H24N4O3/c1-18(31)29(2)16-20-11-8-12-21(15-20)27-25(32)24-22-13-6-7-14-23(22)26(33)30(28-24)17-19-9-4-3-5-10-19/h3-15H,16-17H2,1-2H3,(H,27,32). The Balaban J connectivity index is 1.68. The summed E-state index contributed by atoms with van der Waals surface area (Å²) in [6, 6.07) is 23.8. The van der Waals surface area contributed by atoms with Crippen LogP contribution in [0.4, 0.5) is 5.69 Å². The van der Waals surface area contributed by atoms with E-state index in [1.54, 1.807) is 42.3 Å². The van der Waals surface area contributed by atoms with E-state index < -0.39 is 5.91 Å². The SMILES string of the molecule is CC(=O)N(C)Cc1cccc(NC(=O)c2nn(Cc3ccccc3)c(=O)c3ccccc23)c1. The van der Waals surface area contributed by atoms with Crippen molar-refractivity contribution in [3.8, 4) is 0 Å². The minimum Gasteiger partial charge on any atom is -0.342 e. The van der Waals surface area contributed by atoms with Crippen LogP contribution >= 0.6 is 0 Å². The third-order valence-corrected chi connectivity index (χ3v) is 5.40. The van der Waals surface area contributed by atoms with E-state index in [4.69, 9.17) is 0 Å². The molecule has 0 spiro atoms. The molecule has 1 N–H and O–H groups in total. The summed E-state index contributed by atoms with van der Waals surface area (Å²) in [5.74, 6) is -0.453. The highest BCUT2D eigenvalue weighted by Crippen LogP contribution is 2.17. The Morgan fingerprint density at radius 3 is 2.30 bits per heavy atom. The molecule has 0 saturated carbocycles. The van der Waals surface area contributed by atoms with Crippen molar-refractivity contribution in [3.63, 3.8) is 0 Å². The zero-order valence-electron chi connectivity index (χ0n) is 18.5. The van der Waals surface area contributed by atoms with E-state index in [2.05, 4.69) is 10.4 Å². The lowest BCUT2D eigenvalue weighted by atomic mass is 10.1. The number of hydrogen-bond donors (Lipinski definition) is 1. The van der Waals surface area contributed by atoms with Crippen molar-refractivity contribution in [1.29, 1.82) is 0 Å². The maximum Gasteiger partial charge on any atom is 0.276 e. The van der Waals surface area contributed by atoms with Crippen molar-refractivity contribution in [2.24, 2.45) is 0 Å². The van der Waals surface area contributed by atoms with Crippen LogP contribution in [0.1, 0.15) is 28.5 Å². The van der Waals surface area contributed by atoms with Crippen LogP contribution in [0.3, 0.4) is 0 Å². The summed E-state index contributed by atoms with van der Waals surface area (Å²) in [4.78, 5) is 39.4. The summed E-state index contributed by atoms with van der Waals surface area (Å²) in [6.45, 7) is 2.20. The highest BCUT2D eigenvalue weighted by atomic mass is 16.2. The van der Waals surface area contributed by atoms with E-state index in [0.717, 1.165) is 11.1 Å². The predicted octanol–water partition coefficient (Wildman–Crippen LogP) is 3.68. The van der Waals surface area contributed by atoms with Gasteiger partial charge in [-0.2, -0.15) is 5.10 Å². The van der Waals surface area contributed by atoms with Gasteiger partial charge in [0.25, 0.3) is 11.5 Å². The Hall–Kier alpha value is -4.26. The predicted molar refractivity (Wildman–Crippen MR) is 128 cm³/mol. The first kappa shape index (κ1) is 22.0. The number of anilines is 1. The molecule has 2 amide bonds. The van der Waals surface area contributed by atoms with Crippen LogP contribution in [0.25, 0.3) is 10.8 Å². The summed E-state index contributed by atoms with van der Waals surface area (Å²) < 4.78 is 1.32. The number of rotatable bonds is 6. The molecule has 166 valence electrons. The lowest BCUT2D eigenvalue weighted by Gasteiger charge is -2.16. The topological polar surface area (TPSA) is 84.3 Å². The first-order valence-electron chi connectivity index (χ1n) is 10.6. The number of carbonyl (C=O) groups excluding carboxylic acids is 2. The third-order valence-electron chi connectivity index (χ3n) is 5.40. The van der Waals surface area contributed by atoms with Gasteiger partial charge in [0.15, 0.2) is 5.69 Å². The van der Waals surface area contributed by atoms with Gasteiger partial charge in [-0.05, 0) is 29.3 Å². The zero-order valence-corrected chi connectivity index (χ0v) is 18.5. The van der Waals surface area contributed by atoms with Gasteiger partial charge < -0.3 is 10.2 Å². The molecular weight excluding hydrogens is 416 g/mol. The first-order valence-corrected chi connectivity index (χ1v) is 10.6. The highest BCUT2D eigenvalue weighted by molar-refractivity contribution is 6.11. The van der Waals surface area contributed by atoms with Crippen molar-refractivity contribution in [3.05, 3.63) is 106 Å². The molecule has 0 unspecified atom stereocenters. The molecule has 0 aliphatic rings. The van der Waals surface area contributed by atoms with Gasteiger partial charge in [-0.1, -0.05) is 60.7 Å². The summed E-state index contributed by atoms with van der Waals surface area (Å²) in [5, 5.41) is 8.24. The second-order valence-corrected chi connectivity index (χ2v) is 7.87. The number of carbonyl (C=O) groups is 2. The molecule has 1 heterocycles. The monoisotopic (exact) mass is 440 g/mol. The smallest absolute Gasteiger partial charge is 0.276 e. The number of amides is 2. The Kier molecular flexibility index (Phi) is 6.31. The van der Waals surface area contributed by atoms with Crippen LogP contribution in [0, 0.1) is 0 Å². The van der Waals surface area contributed by atoms with Gasteiger partial charge >= 0.3 is 0 Å². The summed E-state index contributed by atoms with van der Waals surface area (Å²) in [7, 11) is 1.72. The lowest BCUT2D eigenvalue weighted by molar-refractivity contribution is -0.128. The van der Waals surface area contributed by atoms with Gasteiger partial charge in [0, 0.05) is 31.6 Å². The molecule has 33 heavy (non-hydrogen) atoms. The fourth-order valence-corrected chi connectivity index (χ4v) is 3.59. The number of nitrogens with one attached hydrogen (secondary N) is 1. The number of benzene rings is 3. The molecule has 7 nitrogen and oxygen atoms in total. The molecule has 0 radical (unpaired) electrons. The molecule has 0 atom stereocenters. The maximum absolute atomic E-state index is 13.2. The Morgan fingerprint density at radius 1 is 0.909 bits per heavy atom. The maximum atomic E-state index is 13.2. The Morgan fingerprint density at radius 2 is 1.58 bits per heavy atom.